The molecule has 2 saturated carbocycles. The van der Waals surface area contributed by atoms with Gasteiger partial charge in [-0.2, -0.15) is 0 Å². The van der Waals surface area contributed by atoms with Crippen molar-refractivity contribution < 1.29 is 4.74 Å². The molecule has 0 unspecified atom stereocenters. The van der Waals surface area contributed by atoms with E-state index in [1.165, 1.54) is 96.3 Å². The lowest BCUT2D eigenvalue weighted by atomic mass is 9.76. The van der Waals surface area contributed by atoms with Gasteiger partial charge in [0.2, 0.25) is 0 Å². The Kier molecular flexibility index (Phi) is 10.4. The smallest absolute Gasteiger partial charge is 0.0978 e. The van der Waals surface area contributed by atoms with Crippen molar-refractivity contribution in [2.24, 2.45) is 17.8 Å². The van der Waals surface area contributed by atoms with Crippen LogP contribution in [0.1, 0.15) is 103 Å². The Morgan fingerprint density at radius 3 is 1.92 bits per heavy atom. The van der Waals surface area contributed by atoms with E-state index in [9.17, 15) is 0 Å². The third-order valence-corrected chi connectivity index (χ3v) is 6.61. The summed E-state index contributed by atoms with van der Waals surface area (Å²) in [5.74, 6) is 2.99. The Labute approximate surface area is 157 Å². The van der Waals surface area contributed by atoms with E-state index in [1.54, 1.807) is 0 Å². The molecule has 25 heavy (non-hydrogen) atoms. The van der Waals surface area contributed by atoms with E-state index in [0.29, 0.717) is 6.10 Å². The molecule has 1 nitrogen and oxygen atoms in total. The number of ether oxygens (including phenoxy) is 1. The highest BCUT2D eigenvalue weighted by Crippen LogP contribution is 2.37. The highest BCUT2D eigenvalue weighted by Gasteiger charge is 2.24. The van der Waals surface area contributed by atoms with Crippen LogP contribution in [-0.4, -0.2) is 6.10 Å². The largest absolute Gasteiger partial charge is 0.498 e. The maximum Gasteiger partial charge on any atom is 0.0978 e. The first-order chi connectivity index (χ1) is 12.3. The summed E-state index contributed by atoms with van der Waals surface area (Å²) in [7, 11) is 0. The van der Waals surface area contributed by atoms with Gasteiger partial charge in [-0.05, 0) is 75.2 Å². The summed E-state index contributed by atoms with van der Waals surface area (Å²) < 4.78 is 5.93. The summed E-state index contributed by atoms with van der Waals surface area (Å²) in [6.07, 6.45) is 27.3. The van der Waals surface area contributed by atoms with Gasteiger partial charge in [0.05, 0.1) is 12.4 Å². The van der Waals surface area contributed by atoms with Crippen LogP contribution in [0, 0.1) is 17.8 Å². The average Bonchev–Trinajstić information content (AvgIpc) is 2.66. The van der Waals surface area contributed by atoms with Crippen molar-refractivity contribution in [3.8, 4) is 0 Å². The van der Waals surface area contributed by atoms with Crippen LogP contribution in [0.2, 0.25) is 0 Å². The van der Waals surface area contributed by atoms with E-state index in [4.69, 9.17) is 4.74 Å². The quantitative estimate of drug-likeness (QED) is 0.210. The van der Waals surface area contributed by atoms with Crippen molar-refractivity contribution in [2.45, 2.75) is 109 Å². The van der Waals surface area contributed by atoms with Crippen molar-refractivity contribution in [3.05, 3.63) is 25.0 Å². The molecule has 2 aliphatic carbocycles. The molecule has 2 aliphatic rings. The normalized spacial score (nSPS) is 30.4. The van der Waals surface area contributed by atoms with Crippen LogP contribution in [0.4, 0.5) is 0 Å². The van der Waals surface area contributed by atoms with Gasteiger partial charge in [-0.15, -0.1) is 6.58 Å². The second kappa shape index (κ2) is 12.6. The van der Waals surface area contributed by atoms with Crippen LogP contribution in [0.15, 0.2) is 25.0 Å². The van der Waals surface area contributed by atoms with E-state index >= 15 is 0 Å². The fraction of sp³-hybridized carbons (Fsp3) is 0.833. The Hall–Kier alpha value is -0.720. The molecular weight excluding hydrogens is 304 g/mol. The number of hydrogen-bond donors (Lipinski definition) is 0. The molecule has 2 rings (SSSR count). The summed E-state index contributed by atoms with van der Waals surface area (Å²) in [5, 5.41) is 0. The van der Waals surface area contributed by atoms with Crippen LogP contribution < -0.4 is 0 Å². The summed E-state index contributed by atoms with van der Waals surface area (Å²) >= 11 is 0. The number of unbranched alkanes of at least 4 members (excludes halogenated alkanes) is 2. The lowest BCUT2D eigenvalue weighted by Crippen LogP contribution is -2.21. The third kappa shape index (κ3) is 8.47. The lowest BCUT2D eigenvalue weighted by molar-refractivity contribution is 0.0836. The first kappa shape index (κ1) is 20.6. The van der Waals surface area contributed by atoms with E-state index in [2.05, 4.69) is 25.7 Å². The molecule has 0 spiro atoms. The average molecular weight is 347 g/mol. The predicted octanol–water partition coefficient (Wildman–Crippen LogP) is 7.82. The summed E-state index contributed by atoms with van der Waals surface area (Å²) in [4.78, 5) is 0. The minimum absolute atomic E-state index is 0.495. The zero-order valence-corrected chi connectivity index (χ0v) is 16.8. The van der Waals surface area contributed by atoms with Crippen molar-refractivity contribution in [2.75, 3.05) is 0 Å². The van der Waals surface area contributed by atoms with Gasteiger partial charge >= 0.3 is 0 Å². The maximum absolute atomic E-state index is 5.93. The van der Waals surface area contributed by atoms with E-state index < -0.39 is 0 Å². The van der Waals surface area contributed by atoms with Gasteiger partial charge in [-0.25, -0.2) is 0 Å². The Morgan fingerprint density at radius 2 is 1.36 bits per heavy atom. The van der Waals surface area contributed by atoms with Crippen molar-refractivity contribution in [3.63, 3.8) is 0 Å². The molecular formula is C24H42O. The molecule has 0 heterocycles. The molecule has 2 fully saturated rings. The summed E-state index contributed by atoms with van der Waals surface area (Å²) in [6, 6.07) is 0. The van der Waals surface area contributed by atoms with Crippen molar-refractivity contribution >= 4 is 0 Å². The van der Waals surface area contributed by atoms with Crippen LogP contribution in [-0.2, 0) is 4.74 Å². The molecule has 0 atom stereocenters. The lowest BCUT2D eigenvalue weighted by Gasteiger charge is -2.31. The highest BCUT2D eigenvalue weighted by molar-refractivity contribution is 4.80. The topological polar surface area (TPSA) is 9.23 Å². The number of rotatable bonds is 11. The Bertz CT molecular complexity index is 356. The van der Waals surface area contributed by atoms with Gasteiger partial charge in [0.15, 0.2) is 0 Å². The van der Waals surface area contributed by atoms with E-state index in [1.807, 2.05) is 6.26 Å². The predicted molar refractivity (Wildman–Crippen MR) is 110 cm³/mol. The van der Waals surface area contributed by atoms with Gasteiger partial charge < -0.3 is 4.74 Å². The van der Waals surface area contributed by atoms with E-state index in [-0.39, 0.29) is 0 Å². The monoisotopic (exact) mass is 346 g/mol. The van der Waals surface area contributed by atoms with Crippen LogP contribution in [0.5, 0.6) is 0 Å². The van der Waals surface area contributed by atoms with Crippen LogP contribution in [0.3, 0.4) is 0 Å². The Balaban J connectivity index is 1.51. The van der Waals surface area contributed by atoms with Crippen LogP contribution in [0.25, 0.3) is 0 Å². The summed E-state index contributed by atoms with van der Waals surface area (Å²) in [6.45, 7) is 6.10. The number of hydrogen-bond acceptors (Lipinski definition) is 1. The fourth-order valence-electron chi connectivity index (χ4n) is 4.75. The molecule has 144 valence electrons. The van der Waals surface area contributed by atoms with E-state index in [0.717, 1.165) is 17.8 Å². The highest BCUT2D eigenvalue weighted by atomic mass is 16.5. The minimum Gasteiger partial charge on any atom is -0.498 e. The standard InChI is InChI=1S/C24H42O/c1-3-5-7-8-20-25-24-18-16-23(17-19-24)15-14-22-12-10-21(11-13-22)9-6-4-2/h4,8,20-24H,2-3,5-7,9-19H2,1H3/b20-8+. The minimum atomic E-state index is 0.495. The molecule has 0 radical (unpaired) electrons. The fourth-order valence-corrected chi connectivity index (χ4v) is 4.75. The zero-order valence-electron chi connectivity index (χ0n) is 16.8. The second-order valence-corrected chi connectivity index (χ2v) is 8.62. The Morgan fingerprint density at radius 1 is 0.800 bits per heavy atom. The molecule has 0 saturated heterocycles. The van der Waals surface area contributed by atoms with Gasteiger partial charge in [-0.3, -0.25) is 0 Å². The second-order valence-electron chi connectivity index (χ2n) is 8.62. The van der Waals surface area contributed by atoms with Crippen molar-refractivity contribution in [1.82, 2.24) is 0 Å². The molecule has 0 aliphatic heterocycles. The SMILES string of the molecule is C=CCCC1CCC(CCC2CCC(O/C=C/CCCC)CC2)CC1. The van der Waals surface area contributed by atoms with Gasteiger partial charge in [0.25, 0.3) is 0 Å². The molecule has 0 bridgehead atoms. The molecule has 0 aromatic heterocycles. The zero-order chi connectivity index (χ0) is 17.7. The maximum atomic E-state index is 5.93. The molecule has 0 amide bonds. The van der Waals surface area contributed by atoms with Gasteiger partial charge in [0.1, 0.15) is 0 Å². The molecule has 0 N–H and O–H groups in total. The van der Waals surface area contributed by atoms with Crippen LogP contribution >= 0.6 is 0 Å². The third-order valence-electron chi connectivity index (χ3n) is 6.61. The van der Waals surface area contributed by atoms with Gasteiger partial charge in [-0.1, -0.05) is 57.9 Å². The molecule has 1 heteroatoms. The van der Waals surface area contributed by atoms with Crippen molar-refractivity contribution in [1.29, 1.82) is 0 Å². The first-order valence-corrected chi connectivity index (χ1v) is 11.2. The number of allylic oxidation sites excluding steroid dienone is 2. The first-order valence-electron chi connectivity index (χ1n) is 11.2. The van der Waals surface area contributed by atoms with Gasteiger partial charge in [0, 0.05) is 0 Å². The molecule has 0 aromatic rings. The molecule has 0 aromatic carbocycles. The summed E-state index contributed by atoms with van der Waals surface area (Å²) in [5.41, 5.74) is 0.